The average molecular weight is 570 g/mol. The quantitative estimate of drug-likeness (QED) is 0.0562. The monoisotopic (exact) mass is 569 g/mol. The van der Waals surface area contributed by atoms with Crippen molar-refractivity contribution in [1.82, 2.24) is 16.0 Å². The first-order chi connectivity index (χ1) is 18.3. The van der Waals surface area contributed by atoms with Gasteiger partial charge in [-0.3, -0.25) is 19.4 Å². The molecule has 15 heteroatoms. The summed E-state index contributed by atoms with van der Waals surface area (Å²) < 4.78 is 0. The van der Waals surface area contributed by atoms with Gasteiger partial charge >= 0.3 is 5.97 Å². The van der Waals surface area contributed by atoms with Gasteiger partial charge in [0.05, 0.1) is 12.1 Å². The molecule has 0 heterocycles. The smallest absolute Gasteiger partial charge is 0.326 e. The maximum atomic E-state index is 13.1. The first-order valence-electron chi connectivity index (χ1n) is 12.3. The molecule has 12 N–H and O–H groups in total. The molecule has 14 nitrogen and oxygen atoms in total. The highest BCUT2D eigenvalue weighted by molar-refractivity contribution is 7.98. The van der Waals surface area contributed by atoms with Crippen molar-refractivity contribution in [3.8, 4) is 5.75 Å². The van der Waals surface area contributed by atoms with E-state index in [-0.39, 0.29) is 37.5 Å². The van der Waals surface area contributed by atoms with Crippen LogP contribution in [0.5, 0.6) is 5.75 Å². The summed E-state index contributed by atoms with van der Waals surface area (Å²) in [7, 11) is 0. The summed E-state index contributed by atoms with van der Waals surface area (Å²) in [4.78, 5) is 54.3. The molecule has 0 fully saturated rings. The summed E-state index contributed by atoms with van der Waals surface area (Å²) in [6.45, 7) is 1.43. The number of phenolic OH excluding ortho intramolecular Hbond substituents is 1. The van der Waals surface area contributed by atoms with Crippen LogP contribution in [0, 0.1) is 0 Å². The highest BCUT2D eigenvalue weighted by Crippen LogP contribution is 2.12. The minimum Gasteiger partial charge on any atom is -0.508 e. The number of carbonyl (C=O) groups excluding carboxylic acids is 3. The van der Waals surface area contributed by atoms with Gasteiger partial charge < -0.3 is 48.5 Å². The van der Waals surface area contributed by atoms with E-state index in [0.717, 1.165) is 0 Å². The fourth-order valence-corrected chi connectivity index (χ4v) is 3.91. The molecule has 0 aromatic heterocycles. The van der Waals surface area contributed by atoms with Gasteiger partial charge in [0.25, 0.3) is 0 Å². The van der Waals surface area contributed by atoms with Crippen molar-refractivity contribution in [2.24, 2.45) is 22.2 Å². The van der Waals surface area contributed by atoms with Crippen LogP contribution < -0.4 is 33.2 Å². The fourth-order valence-electron chi connectivity index (χ4n) is 3.42. The number of hydrogen-bond donors (Lipinski definition) is 9. The summed E-state index contributed by atoms with van der Waals surface area (Å²) in [5.41, 5.74) is 17.0. The third kappa shape index (κ3) is 12.7. The molecule has 0 saturated heterocycles. The van der Waals surface area contributed by atoms with Crippen LogP contribution in [0.3, 0.4) is 0 Å². The number of aliphatic hydroxyl groups excluding tert-OH is 1. The number of nitrogens with one attached hydrogen (secondary N) is 3. The Morgan fingerprint density at radius 2 is 1.59 bits per heavy atom. The molecule has 1 aromatic rings. The van der Waals surface area contributed by atoms with Gasteiger partial charge in [0.2, 0.25) is 17.7 Å². The number of aliphatic imine (C=N–C) groups is 1. The average Bonchev–Trinajstić information content (AvgIpc) is 2.87. The van der Waals surface area contributed by atoms with E-state index in [1.165, 1.54) is 43.0 Å². The lowest BCUT2D eigenvalue weighted by Gasteiger charge is -2.26. The van der Waals surface area contributed by atoms with Crippen molar-refractivity contribution in [2.45, 2.75) is 62.9 Å². The van der Waals surface area contributed by atoms with E-state index in [1.807, 2.05) is 6.26 Å². The molecule has 39 heavy (non-hydrogen) atoms. The van der Waals surface area contributed by atoms with Crippen molar-refractivity contribution in [3.63, 3.8) is 0 Å². The second-order valence-corrected chi connectivity index (χ2v) is 9.88. The first kappa shape index (κ1) is 33.5. The lowest BCUT2D eigenvalue weighted by atomic mass is 10.0. The van der Waals surface area contributed by atoms with Crippen molar-refractivity contribution in [3.05, 3.63) is 29.8 Å². The zero-order valence-corrected chi connectivity index (χ0v) is 22.8. The van der Waals surface area contributed by atoms with E-state index < -0.39 is 54.0 Å². The van der Waals surface area contributed by atoms with Crippen LogP contribution in [0.2, 0.25) is 0 Å². The van der Waals surface area contributed by atoms with Crippen LogP contribution in [0.4, 0.5) is 0 Å². The van der Waals surface area contributed by atoms with Gasteiger partial charge in [0.15, 0.2) is 5.96 Å². The molecule has 0 aliphatic heterocycles. The number of guanidine groups is 1. The number of nitrogens with zero attached hydrogens (tertiary/aromatic N) is 1. The van der Waals surface area contributed by atoms with E-state index in [2.05, 4.69) is 20.9 Å². The van der Waals surface area contributed by atoms with E-state index in [4.69, 9.17) is 17.2 Å². The number of amides is 3. The van der Waals surface area contributed by atoms with Crippen LogP contribution >= 0.6 is 11.8 Å². The highest BCUT2D eigenvalue weighted by Gasteiger charge is 2.32. The SMILES string of the molecule is CSCCC(N)C(=O)NC(C(=O)NC(CCCN=C(N)N)C(=O)NC(Cc1ccc(O)cc1)C(=O)O)C(C)O. The molecule has 0 spiro atoms. The zero-order chi connectivity index (χ0) is 29.5. The Labute approximate surface area is 231 Å². The summed E-state index contributed by atoms with van der Waals surface area (Å²) in [6.07, 6.45) is 1.07. The Morgan fingerprint density at radius 3 is 2.13 bits per heavy atom. The number of phenols is 1. The van der Waals surface area contributed by atoms with Gasteiger partial charge in [-0.25, -0.2) is 4.79 Å². The Balaban J connectivity index is 3.04. The van der Waals surface area contributed by atoms with E-state index in [9.17, 15) is 34.5 Å². The fraction of sp³-hybridized carbons (Fsp3) is 0.542. The molecule has 0 aliphatic carbocycles. The molecule has 3 amide bonds. The van der Waals surface area contributed by atoms with Gasteiger partial charge in [-0.2, -0.15) is 11.8 Å². The van der Waals surface area contributed by atoms with Crippen molar-refractivity contribution >= 4 is 41.4 Å². The number of thioether (sulfide) groups is 1. The molecule has 0 aliphatic rings. The summed E-state index contributed by atoms with van der Waals surface area (Å²) in [6, 6.07) is 0.912. The van der Waals surface area contributed by atoms with Crippen molar-refractivity contribution in [1.29, 1.82) is 0 Å². The number of carbonyl (C=O) groups is 4. The predicted octanol–water partition coefficient (Wildman–Crippen LogP) is -2.01. The summed E-state index contributed by atoms with van der Waals surface area (Å²) >= 11 is 1.50. The largest absolute Gasteiger partial charge is 0.508 e. The van der Waals surface area contributed by atoms with E-state index >= 15 is 0 Å². The Kier molecular flexibility index (Phi) is 14.7. The summed E-state index contributed by atoms with van der Waals surface area (Å²) in [5, 5.41) is 36.6. The number of aromatic hydroxyl groups is 1. The molecule has 0 bridgehead atoms. The van der Waals surface area contributed by atoms with Gasteiger partial charge in [-0.1, -0.05) is 12.1 Å². The van der Waals surface area contributed by atoms with Gasteiger partial charge in [-0.15, -0.1) is 0 Å². The molecule has 1 aromatic carbocycles. The van der Waals surface area contributed by atoms with Crippen LogP contribution in [-0.4, -0.2) is 93.8 Å². The molecule has 5 unspecified atom stereocenters. The molecule has 0 radical (unpaired) electrons. The lowest BCUT2D eigenvalue weighted by Crippen LogP contribution is -2.59. The summed E-state index contributed by atoms with van der Waals surface area (Å²) in [5.74, 6) is -3.14. The van der Waals surface area contributed by atoms with E-state index in [0.29, 0.717) is 17.7 Å². The third-order valence-electron chi connectivity index (χ3n) is 5.60. The Bertz CT molecular complexity index is 988. The lowest BCUT2D eigenvalue weighted by molar-refractivity contribution is -0.142. The van der Waals surface area contributed by atoms with Crippen molar-refractivity contribution < 1.29 is 34.5 Å². The van der Waals surface area contributed by atoms with E-state index in [1.54, 1.807) is 0 Å². The second kappa shape index (κ2) is 17.1. The maximum Gasteiger partial charge on any atom is 0.326 e. The highest BCUT2D eigenvalue weighted by atomic mass is 32.2. The molecule has 1 rings (SSSR count). The number of nitrogens with two attached hydrogens (primary N) is 3. The minimum absolute atomic E-state index is 0.00294. The van der Waals surface area contributed by atoms with Gasteiger partial charge in [-0.05, 0) is 55.9 Å². The minimum atomic E-state index is -1.42. The number of carboxylic acid groups (broad SMARTS) is 1. The molecular weight excluding hydrogens is 530 g/mol. The molecule has 218 valence electrons. The van der Waals surface area contributed by atoms with Crippen LogP contribution in [0.25, 0.3) is 0 Å². The number of rotatable bonds is 17. The zero-order valence-electron chi connectivity index (χ0n) is 22.0. The molecule has 0 saturated carbocycles. The number of carboxylic acids is 1. The van der Waals surface area contributed by atoms with Crippen LogP contribution in [0.1, 0.15) is 31.7 Å². The standard InChI is InChI=1S/C24H39N7O7S/c1-13(32)19(31-20(34)16(25)9-11-39-2)22(36)29-17(4-3-10-28-24(26)27)21(35)30-18(23(37)38)12-14-5-7-15(33)8-6-14/h5-8,13,16-19,32-33H,3-4,9-12,25H2,1-2H3,(H,29,36)(H,30,35)(H,31,34)(H,37,38)(H4,26,27,28). The third-order valence-corrected chi connectivity index (χ3v) is 6.25. The maximum absolute atomic E-state index is 13.1. The van der Waals surface area contributed by atoms with Gasteiger partial charge in [0, 0.05) is 13.0 Å². The number of hydrogen-bond acceptors (Lipinski definition) is 9. The first-order valence-corrected chi connectivity index (χ1v) is 13.6. The predicted molar refractivity (Wildman–Crippen MR) is 148 cm³/mol. The Hall–Kier alpha value is -3.56. The number of aliphatic hydroxyl groups is 1. The molecule has 5 atom stereocenters. The van der Waals surface area contributed by atoms with Crippen LogP contribution in [-0.2, 0) is 25.6 Å². The Morgan fingerprint density at radius 1 is 0.974 bits per heavy atom. The molecular formula is C24H39N7O7S. The van der Waals surface area contributed by atoms with Crippen molar-refractivity contribution in [2.75, 3.05) is 18.6 Å². The van der Waals surface area contributed by atoms with Crippen LogP contribution in [0.15, 0.2) is 29.3 Å². The number of benzene rings is 1. The van der Waals surface area contributed by atoms with Gasteiger partial charge in [0.1, 0.15) is 23.9 Å². The normalized spacial score (nSPS) is 14.7. The topological polar surface area (TPSA) is 255 Å². The number of aliphatic carboxylic acids is 1. The second-order valence-electron chi connectivity index (χ2n) is 8.89.